The maximum Gasteiger partial charge on any atom is 0.105 e. The summed E-state index contributed by atoms with van der Waals surface area (Å²) in [6, 6.07) is 1.59. The molecule has 2 N–H and O–H groups in total. The fourth-order valence-corrected chi connectivity index (χ4v) is 1.35. The van der Waals surface area contributed by atoms with Crippen molar-refractivity contribution >= 4 is 0 Å². The van der Waals surface area contributed by atoms with E-state index in [4.69, 9.17) is 10.2 Å². The summed E-state index contributed by atoms with van der Waals surface area (Å²) < 4.78 is 5.18. The van der Waals surface area contributed by atoms with Crippen LogP contribution < -0.4 is 5.73 Å². The lowest BCUT2D eigenvalue weighted by molar-refractivity contribution is 0.527. The van der Waals surface area contributed by atoms with Gasteiger partial charge in [-0.1, -0.05) is 0 Å². The third-order valence-electron chi connectivity index (χ3n) is 2.14. The molecule has 2 aromatic heterocycles. The summed E-state index contributed by atoms with van der Waals surface area (Å²) in [5, 5.41) is 0. The van der Waals surface area contributed by atoms with Crippen molar-refractivity contribution in [3.8, 4) is 0 Å². The highest BCUT2D eigenvalue weighted by Gasteiger charge is 2.14. The Morgan fingerprint density at radius 3 is 2.86 bits per heavy atom. The van der Waals surface area contributed by atoms with Crippen LogP contribution in [-0.2, 0) is 0 Å². The predicted molar refractivity (Wildman–Crippen MR) is 51.5 cm³/mol. The molecule has 4 nitrogen and oxygen atoms in total. The van der Waals surface area contributed by atoms with Crippen molar-refractivity contribution < 1.29 is 4.42 Å². The van der Waals surface area contributed by atoms with Crippen LogP contribution in [0.4, 0.5) is 0 Å². The number of nitrogens with two attached hydrogens (primary N) is 1. The molecule has 0 aliphatic carbocycles. The van der Waals surface area contributed by atoms with Crippen LogP contribution in [0.15, 0.2) is 35.3 Å². The lowest BCUT2D eigenvalue weighted by atomic mass is 10.1. The molecule has 1 unspecified atom stereocenters. The zero-order chi connectivity index (χ0) is 9.97. The Balaban J connectivity index is 2.34. The number of hydrogen-bond donors (Lipinski definition) is 1. The first kappa shape index (κ1) is 8.90. The minimum atomic E-state index is -0.262. The van der Waals surface area contributed by atoms with E-state index >= 15 is 0 Å². The molecule has 0 bridgehead atoms. The molecule has 0 aliphatic rings. The summed E-state index contributed by atoms with van der Waals surface area (Å²) in [6.07, 6.45) is 6.54. The van der Waals surface area contributed by atoms with Gasteiger partial charge in [-0.25, -0.2) is 0 Å². The minimum Gasteiger partial charge on any atom is -0.469 e. The van der Waals surface area contributed by atoms with E-state index in [1.807, 2.05) is 13.0 Å². The molecule has 2 aromatic rings. The van der Waals surface area contributed by atoms with Crippen molar-refractivity contribution in [1.82, 2.24) is 9.97 Å². The van der Waals surface area contributed by atoms with Gasteiger partial charge in [-0.05, 0) is 13.0 Å². The first-order valence-electron chi connectivity index (χ1n) is 4.34. The average Bonchev–Trinajstić information content (AvgIpc) is 2.65. The second-order valence-electron chi connectivity index (χ2n) is 3.04. The summed E-state index contributed by atoms with van der Waals surface area (Å²) in [6.45, 7) is 1.88. The number of furan rings is 1. The van der Waals surface area contributed by atoms with Gasteiger partial charge in [0.25, 0.3) is 0 Å². The van der Waals surface area contributed by atoms with Crippen molar-refractivity contribution in [3.63, 3.8) is 0 Å². The van der Waals surface area contributed by atoms with Crippen LogP contribution in [0.25, 0.3) is 0 Å². The van der Waals surface area contributed by atoms with Gasteiger partial charge in [-0.2, -0.15) is 0 Å². The number of nitrogens with zero attached hydrogens (tertiary/aromatic N) is 2. The smallest absolute Gasteiger partial charge is 0.105 e. The number of hydrogen-bond acceptors (Lipinski definition) is 4. The largest absolute Gasteiger partial charge is 0.469 e. The van der Waals surface area contributed by atoms with Crippen LogP contribution >= 0.6 is 0 Å². The summed E-state index contributed by atoms with van der Waals surface area (Å²) in [7, 11) is 0. The van der Waals surface area contributed by atoms with Gasteiger partial charge < -0.3 is 10.2 Å². The number of aromatic nitrogens is 2. The Kier molecular flexibility index (Phi) is 2.28. The maximum absolute atomic E-state index is 6.00. The molecule has 0 amide bonds. The molecular weight excluding hydrogens is 178 g/mol. The van der Waals surface area contributed by atoms with E-state index in [-0.39, 0.29) is 6.04 Å². The van der Waals surface area contributed by atoms with Crippen molar-refractivity contribution in [1.29, 1.82) is 0 Å². The van der Waals surface area contributed by atoms with Crippen molar-refractivity contribution in [3.05, 3.63) is 47.9 Å². The Bertz CT molecular complexity index is 410. The zero-order valence-corrected chi connectivity index (χ0v) is 7.84. The molecule has 2 heterocycles. The van der Waals surface area contributed by atoms with Crippen LogP contribution in [0.5, 0.6) is 0 Å². The van der Waals surface area contributed by atoms with Crippen LogP contribution in [0.1, 0.15) is 23.1 Å². The molecule has 0 aliphatic heterocycles. The van der Waals surface area contributed by atoms with E-state index in [1.54, 1.807) is 24.9 Å². The molecule has 4 heteroatoms. The molecule has 0 saturated carbocycles. The molecule has 14 heavy (non-hydrogen) atoms. The van der Waals surface area contributed by atoms with Gasteiger partial charge in [0.2, 0.25) is 0 Å². The predicted octanol–water partition coefficient (Wildman–Crippen LogP) is 1.43. The first-order valence-corrected chi connectivity index (χ1v) is 4.34. The van der Waals surface area contributed by atoms with Gasteiger partial charge in [0.1, 0.15) is 5.76 Å². The second kappa shape index (κ2) is 3.59. The van der Waals surface area contributed by atoms with E-state index < -0.39 is 0 Å². The summed E-state index contributed by atoms with van der Waals surface area (Å²) >= 11 is 0. The molecule has 0 aromatic carbocycles. The van der Waals surface area contributed by atoms with Crippen molar-refractivity contribution in [2.75, 3.05) is 0 Å². The van der Waals surface area contributed by atoms with Gasteiger partial charge in [-0.3, -0.25) is 9.97 Å². The van der Waals surface area contributed by atoms with Crippen LogP contribution in [0.3, 0.4) is 0 Å². The Morgan fingerprint density at radius 2 is 2.29 bits per heavy atom. The van der Waals surface area contributed by atoms with Crippen molar-refractivity contribution in [2.45, 2.75) is 13.0 Å². The second-order valence-corrected chi connectivity index (χ2v) is 3.04. The van der Waals surface area contributed by atoms with Gasteiger partial charge in [0.15, 0.2) is 0 Å². The quantitative estimate of drug-likeness (QED) is 0.776. The van der Waals surface area contributed by atoms with E-state index in [0.29, 0.717) is 0 Å². The third kappa shape index (κ3) is 1.52. The lowest BCUT2D eigenvalue weighted by Gasteiger charge is -2.08. The summed E-state index contributed by atoms with van der Waals surface area (Å²) in [4.78, 5) is 8.12. The van der Waals surface area contributed by atoms with E-state index in [9.17, 15) is 0 Å². The fourth-order valence-electron chi connectivity index (χ4n) is 1.35. The van der Waals surface area contributed by atoms with Gasteiger partial charge in [0.05, 0.1) is 24.2 Å². The highest BCUT2D eigenvalue weighted by Crippen LogP contribution is 2.20. The van der Waals surface area contributed by atoms with E-state index in [1.165, 1.54) is 0 Å². The van der Waals surface area contributed by atoms with Crippen LogP contribution in [0.2, 0.25) is 0 Å². The Labute approximate surface area is 81.8 Å². The van der Waals surface area contributed by atoms with E-state index in [0.717, 1.165) is 17.0 Å². The fraction of sp³-hybridized carbons (Fsp3) is 0.200. The molecule has 0 spiro atoms. The lowest BCUT2D eigenvalue weighted by Crippen LogP contribution is -2.13. The number of aryl methyl sites for hydroxylation is 1. The Morgan fingerprint density at radius 1 is 1.43 bits per heavy atom. The van der Waals surface area contributed by atoms with Gasteiger partial charge in [0, 0.05) is 18.0 Å². The Hall–Kier alpha value is -1.68. The van der Waals surface area contributed by atoms with Crippen LogP contribution in [-0.4, -0.2) is 9.97 Å². The minimum absolute atomic E-state index is 0.262. The normalized spacial score (nSPS) is 12.7. The van der Waals surface area contributed by atoms with Crippen LogP contribution in [0, 0.1) is 6.92 Å². The monoisotopic (exact) mass is 189 g/mol. The third-order valence-corrected chi connectivity index (χ3v) is 2.14. The SMILES string of the molecule is Cc1occc1C(N)c1cnccn1. The van der Waals surface area contributed by atoms with Crippen molar-refractivity contribution in [2.24, 2.45) is 5.73 Å². The van der Waals surface area contributed by atoms with E-state index in [2.05, 4.69) is 9.97 Å². The average molecular weight is 189 g/mol. The first-order chi connectivity index (χ1) is 6.79. The van der Waals surface area contributed by atoms with Gasteiger partial charge in [-0.15, -0.1) is 0 Å². The highest BCUT2D eigenvalue weighted by molar-refractivity contribution is 5.26. The molecule has 72 valence electrons. The van der Waals surface area contributed by atoms with Gasteiger partial charge >= 0.3 is 0 Å². The zero-order valence-electron chi connectivity index (χ0n) is 7.84. The molecular formula is C10H11N3O. The topological polar surface area (TPSA) is 64.9 Å². The summed E-state index contributed by atoms with van der Waals surface area (Å²) in [5.74, 6) is 0.822. The molecule has 2 rings (SSSR count). The molecule has 0 fully saturated rings. The summed E-state index contributed by atoms with van der Waals surface area (Å²) in [5.41, 5.74) is 7.70. The molecule has 1 atom stereocenters. The number of rotatable bonds is 2. The maximum atomic E-state index is 6.00. The molecule has 0 saturated heterocycles. The standard InChI is InChI=1S/C10H11N3O/c1-7-8(2-5-14-7)10(11)9-6-12-3-4-13-9/h2-6,10H,11H2,1H3. The highest BCUT2D eigenvalue weighted by atomic mass is 16.3. The molecule has 0 radical (unpaired) electrons.